The Morgan fingerprint density at radius 3 is 2.83 bits per heavy atom. The lowest BCUT2D eigenvalue weighted by molar-refractivity contribution is -0.117. The maximum absolute atomic E-state index is 11.9. The highest BCUT2D eigenvalue weighted by Crippen LogP contribution is 2.28. The number of fused-ring (bicyclic) bond motifs is 1. The summed E-state index contributed by atoms with van der Waals surface area (Å²) in [6, 6.07) is 18.0. The van der Waals surface area contributed by atoms with Crippen LogP contribution < -0.4 is 10.2 Å². The quantitative estimate of drug-likeness (QED) is 0.792. The maximum Gasteiger partial charge on any atom is 0.227 e. The van der Waals surface area contributed by atoms with Crippen molar-refractivity contribution in [2.24, 2.45) is 0 Å². The van der Waals surface area contributed by atoms with Crippen molar-refractivity contribution in [3.05, 3.63) is 60.8 Å². The topological polar surface area (TPSA) is 45.2 Å². The molecule has 3 aromatic rings. The number of aromatic nitrogens is 1. The Balaban J connectivity index is 1.67. The zero-order valence-electron chi connectivity index (χ0n) is 12.7. The van der Waals surface area contributed by atoms with E-state index in [9.17, 15) is 4.79 Å². The number of nitrogens with one attached hydrogen (secondary N) is 1. The van der Waals surface area contributed by atoms with Gasteiger partial charge in [-0.15, -0.1) is 0 Å². The second-order valence-corrected chi connectivity index (χ2v) is 5.70. The second-order valence-electron chi connectivity index (χ2n) is 5.70. The Morgan fingerprint density at radius 2 is 1.96 bits per heavy atom. The summed E-state index contributed by atoms with van der Waals surface area (Å²) in [5.74, 6) is 0.205. The third-order valence-electron chi connectivity index (χ3n) is 4.16. The number of hydrogen-bond acceptors (Lipinski definition) is 3. The maximum atomic E-state index is 11.9. The van der Waals surface area contributed by atoms with E-state index in [0.717, 1.165) is 40.9 Å². The molecule has 0 spiro atoms. The van der Waals surface area contributed by atoms with E-state index in [1.165, 1.54) is 0 Å². The highest BCUT2D eigenvalue weighted by atomic mass is 16.2. The van der Waals surface area contributed by atoms with E-state index >= 15 is 0 Å². The molecule has 23 heavy (non-hydrogen) atoms. The Labute approximate surface area is 134 Å². The molecule has 0 radical (unpaired) electrons. The van der Waals surface area contributed by atoms with E-state index < -0.39 is 0 Å². The van der Waals surface area contributed by atoms with Gasteiger partial charge >= 0.3 is 0 Å². The van der Waals surface area contributed by atoms with E-state index in [2.05, 4.69) is 16.4 Å². The van der Waals surface area contributed by atoms with Gasteiger partial charge < -0.3 is 10.2 Å². The van der Waals surface area contributed by atoms with Crippen LogP contribution in [0.1, 0.15) is 12.8 Å². The number of carbonyl (C=O) groups is 1. The van der Waals surface area contributed by atoms with Gasteiger partial charge in [0.1, 0.15) is 0 Å². The van der Waals surface area contributed by atoms with Gasteiger partial charge in [-0.2, -0.15) is 0 Å². The van der Waals surface area contributed by atoms with E-state index in [1.54, 1.807) is 6.20 Å². The summed E-state index contributed by atoms with van der Waals surface area (Å²) < 4.78 is 0. The van der Waals surface area contributed by atoms with Crippen LogP contribution in [-0.4, -0.2) is 17.4 Å². The number of hydrogen-bond donors (Lipinski definition) is 1. The van der Waals surface area contributed by atoms with Crippen LogP contribution in [-0.2, 0) is 4.79 Å². The van der Waals surface area contributed by atoms with E-state index in [-0.39, 0.29) is 5.91 Å². The van der Waals surface area contributed by atoms with Crippen LogP contribution >= 0.6 is 0 Å². The normalized spacial score (nSPS) is 14.4. The molecule has 1 aromatic heterocycles. The monoisotopic (exact) mass is 303 g/mol. The van der Waals surface area contributed by atoms with Gasteiger partial charge in [0.25, 0.3) is 0 Å². The van der Waals surface area contributed by atoms with Crippen LogP contribution in [0.2, 0.25) is 0 Å². The fraction of sp³-hybridized carbons (Fsp3) is 0.158. The molecule has 1 N–H and O–H groups in total. The number of benzene rings is 2. The molecule has 4 heteroatoms. The molecule has 1 fully saturated rings. The zero-order valence-corrected chi connectivity index (χ0v) is 12.7. The molecule has 1 aliphatic heterocycles. The minimum absolute atomic E-state index is 0.205. The molecule has 2 heterocycles. The summed E-state index contributed by atoms with van der Waals surface area (Å²) >= 11 is 0. The fourth-order valence-corrected chi connectivity index (χ4v) is 3.03. The minimum atomic E-state index is 0.205. The predicted octanol–water partition coefficient (Wildman–Crippen LogP) is 4.11. The summed E-state index contributed by atoms with van der Waals surface area (Å²) in [5, 5.41) is 4.53. The zero-order chi connectivity index (χ0) is 15.6. The van der Waals surface area contributed by atoms with Gasteiger partial charge in [0.2, 0.25) is 5.91 Å². The summed E-state index contributed by atoms with van der Waals surface area (Å²) in [6.45, 7) is 0.806. The molecule has 4 rings (SSSR count). The molecule has 1 aliphatic rings. The Morgan fingerprint density at radius 1 is 1.04 bits per heavy atom. The van der Waals surface area contributed by atoms with Gasteiger partial charge in [-0.1, -0.05) is 24.3 Å². The predicted molar refractivity (Wildman–Crippen MR) is 93.1 cm³/mol. The van der Waals surface area contributed by atoms with Crippen molar-refractivity contribution in [1.29, 1.82) is 0 Å². The van der Waals surface area contributed by atoms with Gasteiger partial charge in [0, 0.05) is 41.6 Å². The number of rotatable bonds is 3. The summed E-state index contributed by atoms with van der Waals surface area (Å²) in [5.41, 5.74) is 3.90. The number of para-hydroxylation sites is 1. The molecule has 114 valence electrons. The average molecular weight is 303 g/mol. The standard InChI is InChI=1S/C19H17N3O/c23-19-9-4-12-22(19)15-6-3-5-14(13-15)21-18-10-11-20-17-8-2-1-7-16(17)18/h1-3,5-8,10-11,13H,4,9,12H2,(H,20,21). The summed E-state index contributed by atoms with van der Waals surface area (Å²) in [6.07, 6.45) is 3.39. The van der Waals surface area contributed by atoms with E-state index in [4.69, 9.17) is 0 Å². The largest absolute Gasteiger partial charge is 0.355 e. The third kappa shape index (κ3) is 2.63. The highest BCUT2D eigenvalue weighted by Gasteiger charge is 2.21. The van der Waals surface area contributed by atoms with Crippen LogP contribution in [0.4, 0.5) is 17.1 Å². The van der Waals surface area contributed by atoms with E-state index in [0.29, 0.717) is 6.42 Å². The van der Waals surface area contributed by atoms with Crippen LogP contribution in [0.5, 0.6) is 0 Å². The molecular weight excluding hydrogens is 286 g/mol. The number of pyridine rings is 1. The molecule has 0 atom stereocenters. The van der Waals surface area contributed by atoms with Gasteiger partial charge in [-0.05, 0) is 36.8 Å². The second kappa shape index (κ2) is 5.72. The lowest BCUT2D eigenvalue weighted by atomic mass is 10.1. The highest BCUT2D eigenvalue weighted by molar-refractivity contribution is 5.96. The van der Waals surface area contributed by atoms with Crippen molar-refractivity contribution in [2.75, 3.05) is 16.8 Å². The summed E-state index contributed by atoms with van der Waals surface area (Å²) in [4.78, 5) is 18.2. The molecule has 1 saturated heterocycles. The van der Waals surface area contributed by atoms with Gasteiger partial charge in [0.05, 0.1) is 5.52 Å². The molecule has 2 aromatic carbocycles. The van der Waals surface area contributed by atoms with Crippen molar-refractivity contribution >= 4 is 33.9 Å². The number of anilines is 3. The SMILES string of the molecule is O=C1CCCN1c1cccc(Nc2ccnc3ccccc23)c1. The van der Waals surface area contributed by atoms with Crippen molar-refractivity contribution in [2.45, 2.75) is 12.8 Å². The first-order valence-electron chi connectivity index (χ1n) is 7.82. The molecule has 4 nitrogen and oxygen atoms in total. The first-order valence-corrected chi connectivity index (χ1v) is 7.82. The molecular formula is C19H17N3O. The molecule has 0 unspecified atom stereocenters. The average Bonchev–Trinajstić information content (AvgIpc) is 3.02. The number of nitrogens with zero attached hydrogens (tertiary/aromatic N) is 2. The van der Waals surface area contributed by atoms with E-state index in [1.807, 2.05) is 53.4 Å². The molecule has 0 saturated carbocycles. The molecule has 0 aliphatic carbocycles. The lowest BCUT2D eigenvalue weighted by Gasteiger charge is -2.17. The number of carbonyl (C=O) groups excluding carboxylic acids is 1. The molecule has 1 amide bonds. The van der Waals surface area contributed by atoms with Crippen LogP contribution in [0.15, 0.2) is 60.8 Å². The Kier molecular flexibility index (Phi) is 3.42. The van der Waals surface area contributed by atoms with Crippen LogP contribution in [0, 0.1) is 0 Å². The minimum Gasteiger partial charge on any atom is -0.355 e. The fourth-order valence-electron chi connectivity index (χ4n) is 3.03. The van der Waals surface area contributed by atoms with Gasteiger partial charge in [-0.3, -0.25) is 9.78 Å². The first-order chi connectivity index (χ1) is 11.3. The Hall–Kier alpha value is -2.88. The third-order valence-corrected chi connectivity index (χ3v) is 4.16. The lowest BCUT2D eigenvalue weighted by Crippen LogP contribution is -2.23. The van der Waals surface area contributed by atoms with Gasteiger partial charge in [-0.25, -0.2) is 0 Å². The van der Waals surface area contributed by atoms with Crippen molar-refractivity contribution in [3.8, 4) is 0 Å². The van der Waals surface area contributed by atoms with Crippen molar-refractivity contribution in [1.82, 2.24) is 4.98 Å². The van der Waals surface area contributed by atoms with Crippen LogP contribution in [0.25, 0.3) is 10.9 Å². The van der Waals surface area contributed by atoms with Crippen molar-refractivity contribution < 1.29 is 4.79 Å². The van der Waals surface area contributed by atoms with Crippen LogP contribution in [0.3, 0.4) is 0 Å². The molecule has 0 bridgehead atoms. The van der Waals surface area contributed by atoms with Crippen molar-refractivity contribution in [3.63, 3.8) is 0 Å². The number of amides is 1. The summed E-state index contributed by atoms with van der Waals surface area (Å²) in [7, 11) is 0. The Bertz CT molecular complexity index is 870. The smallest absolute Gasteiger partial charge is 0.227 e. The first kappa shape index (κ1) is 13.8. The van der Waals surface area contributed by atoms with Gasteiger partial charge in [0.15, 0.2) is 0 Å².